The highest BCUT2D eigenvalue weighted by molar-refractivity contribution is 5.27. The van der Waals surface area contributed by atoms with Crippen LogP contribution in [0, 0.1) is 13.3 Å². The lowest BCUT2D eigenvalue weighted by Gasteiger charge is -2.00. The number of likely N-dealkylation sites (N-methyl/N-ethyl adjacent to an activating group) is 1. The molecule has 1 rings (SSSR count). The number of hydrogen-bond acceptors (Lipinski definition) is 1. The predicted molar refractivity (Wildman–Crippen MR) is 48.5 cm³/mol. The molecule has 0 bridgehead atoms. The molecule has 1 aromatic carbocycles. The molecule has 0 aliphatic rings. The number of rotatable bonds is 3. The van der Waals surface area contributed by atoms with Gasteiger partial charge < -0.3 is 5.32 Å². The Hall–Kier alpha value is -0.820. The molecule has 0 aliphatic carbocycles. The summed E-state index contributed by atoms with van der Waals surface area (Å²) in [6.45, 7) is 3.04. The van der Waals surface area contributed by atoms with Gasteiger partial charge in [0.05, 0.1) is 0 Å². The van der Waals surface area contributed by atoms with E-state index in [9.17, 15) is 0 Å². The molecule has 0 fully saturated rings. The van der Waals surface area contributed by atoms with E-state index in [0.717, 1.165) is 6.54 Å². The average Bonchev–Trinajstić information content (AvgIpc) is 2.01. The van der Waals surface area contributed by atoms with Gasteiger partial charge in [-0.1, -0.05) is 29.8 Å². The zero-order valence-electron chi connectivity index (χ0n) is 7.09. The third-order valence-electron chi connectivity index (χ3n) is 1.58. The van der Waals surface area contributed by atoms with Crippen molar-refractivity contribution in [3.8, 4) is 0 Å². The van der Waals surface area contributed by atoms with E-state index in [1.807, 2.05) is 7.05 Å². The van der Waals surface area contributed by atoms with E-state index in [0.29, 0.717) is 0 Å². The first-order chi connectivity index (χ1) is 5.33. The topological polar surface area (TPSA) is 12.0 Å². The maximum Gasteiger partial charge on any atom is 0.00443 e. The second-order valence-corrected chi connectivity index (χ2v) is 2.68. The first-order valence-corrected chi connectivity index (χ1v) is 3.87. The molecule has 0 saturated carbocycles. The second-order valence-electron chi connectivity index (χ2n) is 2.68. The highest BCUT2D eigenvalue weighted by atomic mass is 14.8. The Morgan fingerprint density at radius 3 is 2.91 bits per heavy atom. The molecule has 0 aromatic heterocycles. The minimum Gasteiger partial charge on any atom is -0.319 e. The Bertz CT molecular complexity index is 218. The van der Waals surface area contributed by atoms with Gasteiger partial charge in [0.1, 0.15) is 0 Å². The summed E-state index contributed by atoms with van der Waals surface area (Å²) in [6.07, 6.45) is 2.17. The molecule has 0 unspecified atom stereocenters. The third-order valence-corrected chi connectivity index (χ3v) is 1.58. The van der Waals surface area contributed by atoms with Gasteiger partial charge in [0, 0.05) is 13.0 Å². The second kappa shape index (κ2) is 4.14. The fourth-order valence-corrected chi connectivity index (χ4v) is 1.02. The predicted octanol–water partition coefficient (Wildman–Crippen LogP) is 1.77. The molecule has 1 N–H and O–H groups in total. The lowest BCUT2D eigenvalue weighted by molar-refractivity contribution is 0.886. The smallest absolute Gasteiger partial charge is 0.00443 e. The molecular weight excluding hydrogens is 134 g/mol. The highest BCUT2D eigenvalue weighted by Gasteiger charge is 1.90. The highest BCUT2D eigenvalue weighted by Crippen LogP contribution is 2.04. The molecule has 11 heavy (non-hydrogen) atoms. The Morgan fingerprint density at radius 1 is 1.45 bits per heavy atom. The van der Waals surface area contributed by atoms with E-state index >= 15 is 0 Å². The van der Waals surface area contributed by atoms with Crippen LogP contribution >= 0.6 is 0 Å². The van der Waals surface area contributed by atoms with E-state index in [1.54, 1.807) is 0 Å². The normalized spacial score (nSPS) is 10.0. The van der Waals surface area contributed by atoms with Crippen LogP contribution < -0.4 is 5.32 Å². The molecular formula is C10H14N. The van der Waals surface area contributed by atoms with Crippen LogP contribution in [0.4, 0.5) is 0 Å². The largest absolute Gasteiger partial charge is 0.319 e. The molecule has 0 atom stereocenters. The maximum atomic E-state index is 3.08. The van der Waals surface area contributed by atoms with Crippen LogP contribution in [0.1, 0.15) is 11.1 Å². The standard InChI is InChI=1S/C10H14N/c1-9-4-3-5-10(8-9)6-7-11-2/h3-6,8,11H,7H2,1-2H3. The van der Waals surface area contributed by atoms with Gasteiger partial charge in [0.15, 0.2) is 0 Å². The molecule has 1 heteroatoms. The van der Waals surface area contributed by atoms with Crippen LogP contribution in [-0.2, 0) is 0 Å². The molecule has 0 spiro atoms. The molecule has 0 heterocycles. The van der Waals surface area contributed by atoms with Crippen LogP contribution in [0.5, 0.6) is 0 Å². The van der Waals surface area contributed by atoms with Gasteiger partial charge in [0.2, 0.25) is 0 Å². The first-order valence-electron chi connectivity index (χ1n) is 3.87. The van der Waals surface area contributed by atoms with E-state index in [4.69, 9.17) is 0 Å². The monoisotopic (exact) mass is 148 g/mol. The summed E-state index contributed by atoms with van der Waals surface area (Å²) in [5.74, 6) is 0. The van der Waals surface area contributed by atoms with Crippen LogP contribution in [-0.4, -0.2) is 13.6 Å². The van der Waals surface area contributed by atoms with Gasteiger partial charge >= 0.3 is 0 Å². The van der Waals surface area contributed by atoms with Crippen molar-refractivity contribution >= 4 is 0 Å². The SMILES string of the molecule is CNC[CH]c1cccc(C)c1. The first kappa shape index (κ1) is 8.28. The minimum atomic E-state index is 0.934. The number of aryl methyl sites for hydroxylation is 1. The summed E-state index contributed by atoms with van der Waals surface area (Å²) >= 11 is 0. The van der Waals surface area contributed by atoms with Crippen molar-refractivity contribution in [1.29, 1.82) is 0 Å². The van der Waals surface area contributed by atoms with Gasteiger partial charge in [-0.05, 0) is 19.5 Å². The molecule has 0 saturated heterocycles. The van der Waals surface area contributed by atoms with Crippen molar-refractivity contribution in [3.63, 3.8) is 0 Å². The summed E-state index contributed by atoms with van der Waals surface area (Å²) in [4.78, 5) is 0. The molecule has 1 nitrogen and oxygen atoms in total. The summed E-state index contributed by atoms with van der Waals surface area (Å²) in [7, 11) is 1.95. The van der Waals surface area contributed by atoms with Gasteiger partial charge in [0.25, 0.3) is 0 Å². The fourth-order valence-electron chi connectivity index (χ4n) is 1.02. The Morgan fingerprint density at radius 2 is 2.27 bits per heavy atom. The lowest BCUT2D eigenvalue weighted by Crippen LogP contribution is -2.08. The summed E-state index contributed by atoms with van der Waals surface area (Å²) in [5, 5.41) is 3.08. The van der Waals surface area contributed by atoms with E-state index < -0.39 is 0 Å². The maximum absolute atomic E-state index is 3.08. The fraction of sp³-hybridized carbons (Fsp3) is 0.300. The Labute approximate surface area is 68.4 Å². The van der Waals surface area contributed by atoms with Crippen molar-refractivity contribution in [1.82, 2.24) is 5.32 Å². The number of hydrogen-bond donors (Lipinski definition) is 1. The zero-order chi connectivity index (χ0) is 8.10. The number of nitrogens with one attached hydrogen (secondary N) is 1. The van der Waals surface area contributed by atoms with Crippen molar-refractivity contribution in [2.45, 2.75) is 6.92 Å². The Kier molecular flexibility index (Phi) is 3.12. The van der Waals surface area contributed by atoms with E-state index in [1.165, 1.54) is 11.1 Å². The molecule has 1 radical (unpaired) electrons. The summed E-state index contributed by atoms with van der Waals surface area (Å²) in [5.41, 5.74) is 2.61. The van der Waals surface area contributed by atoms with E-state index in [2.05, 4.69) is 42.9 Å². The quantitative estimate of drug-likeness (QED) is 0.688. The van der Waals surface area contributed by atoms with Crippen LogP contribution in [0.3, 0.4) is 0 Å². The van der Waals surface area contributed by atoms with Gasteiger partial charge in [-0.15, -0.1) is 0 Å². The van der Waals surface area contributed by atoms with Crippen LogP contribution in [0.2, 0.25) is 0 Å². The van der Waals surface area contributed by atoms with Gasteiger partial charge in [-0.2, -0.15) is 0 Å². The Balaban J connectivity index is 2.56. The zero-order valence-corrected chi connectivity index (χ0v) is 7.09. The van der Waals surface area contributed by atoms with Gasteiger partial charge in [-0.3, -0.25) is 0 Å². The van der Waals surface area contributed by atoms with Crippen LogP contribution in [0.25, 0.3) is 0 Å². The van der Waals surface area contributed by atoms with Crippen molar-refractivity contribution < 1.29 is 0 Å². The van der Waals surface area contributed by atoms with Crippen molar-refractivity contribution in [2.24, 2.45) is 0 Å². The minimum absolute atomic E-state index is 0.934. The molecule has 59 valence electrons. The van der Waals surface area contributed by atoms with Crippen molar-refractivity contribution in [2.75, 3.05) is 13.6 Å². The number of benzene rings is 1. The molecule has 0 aliphatic heterocycles. The average molecular weight is 148 g/mol. The molecule has 0 amide bonds. The lowest BCUT2D eigenvalue weighted by atomic mass is 10.1. The third kappa shape index (κ3) is 2.72. The van der Waals surface area contributed by atoms with E-state index in [-0.39, 0.29) is 0 Å². The summed E-state index contributed by atoms with van der Waals surface area (Å²) < 4.78 is 0. The van der Waals surface area contributed by atoms with Gasteiger partial charge in [-0.25, -0.2) is 0 Å². The summed E-state index contributed by atoms with van der Waals surface area (Å²) in [6, 6.07) is 8.48. The van der Waals surface area contributed by atoms with Crippen molar-refractivity contribution in [3.05, 3.63) is 41.8 Å². The molecule has 1 aromatic rings. The van der Waals surface area contributed by atoms with Crippen LogP contribution in [0.15, 0.2) is 24.3 Å².